The molecule has 2 aromatic rings. The molecule has 2 amide bonds. The van der Waals surface area contributed by atoms with E-state index in [1.54, 1.807) is 30.3 Å². The van der Waals surface area contributed by atoms with Crippen LogP contribution in [0.25, 0.3) is 0 Å². The number of nitrogens with two attached hydrogens (primary N) is 1. The van der Waals surface area contributed by atoms with Gasteiger partial charge in [-0.25, -0.2) is 4.39 Å². The van der Waals surface area contributed by atoms with Crippen molar-refractivity contribution in [1.29, 1.82) is 0 Å². The summed E-state index contributed by atoms with van der Waals surface area (Å²) < 4.78 is 12.8. The summed E-state index contributed by atoms with van der Waals surface area (Å²) in [5, 5.41) is 5.45. The average Bonchev–Trinajstić information content (AvgIpc) is 2.60. The highest BCUT2D eigenvalue weighted by Gasteiger charge is 2.04. The molecule has 2 aromatic carbocycles. The Morgan fingerprint density at radius 3 is 2.48 bits per heavy atom. The van der Waals surface area contributed by atoms with E-state index in [1.807, 2.05) is 6.08 Å². The maximum Gasteiger partial charge on any atom is 0.251 e. The van der Waals surface area contributed by atoms with Crippen LogP contribution in [0.5, 0.6) is 0 Å². The molecule has 4 N–H and O–H groups in total. The van der Waals surface area contributed by atoms with Crippen LogP contribution in [-0.2, 0) is 4.79 Å². The molecule has 0 saturated heterocycles. The van der Waals surface area contributed by atoms with E-state index in [2.05, 4.69) is 10.6 Å². The van der Waals surface area contributed by atoms with Gasteiger partial charge in [0.15, 0.2) is 0 Å². The van der Waals surface area contributed by atoms with Crippen LogP contribution in [0.1, 0.15) is 23.2 Å². The van der Waals surface area contributed by atoms with Gasteiger partial charge in [-0.1, -0.05) is 24.3 Å². The normalized spacial score (nSPS) is 10.6. The lowest BCUT2D eigenvalue weighted by molar-refractivity contribution is -0.115. The maximum atomic E-state index is 12.8. The monoisotopic (exact) mass is 341 g/mol. The molecule has 0 atom stereocenters. The molecule has 2 rings (SSSR count). The van der Waals surface area contributed by atoms with Gasteiger partial charge in [-0.15, -0.1) is 0 Å². The van der Waals surface area contributed by atoms with Crippen molar-refractivity contribution in [3.63, 3.8) is 0 Å². The Morgan fingerprint density at radius 2 is 1.76 bits per heavy atom. The Morgan fingerprint density at radius 1 is 1.04 bits per heavy atom. The minimum atomic E-state index is -0.380. The first-order valence-corrected chi connectivity index (χ1v) is 7.89. The average molecular weight is 341 g/mol. The number of nitrogen functional groups attached to an aromatic ring is 1. The predicted octanol–water partition coefficient (Wildman–Crippen LogP) is 3.11. The van der Waals surface area contributed by atoms with E-state index in [0.717, 1.165) is 0 Å². The number of anilines is 2. The van der Waals surface area contributed by atoms with E-state index in [4.69, 9.17) is 5.73 Å². The van der Waals surface area contributed by atoms with Crippen molar-refractivity contribution >= 4 is 23.2 Å². The van der Waals surface area contributed by atoms with E-state index in [0.29, 0.717) is 29.9 Å². The number of para-hydroxylation sites is 2. The predicted molar refractivity (Wildman–Crippen MR) is 96.6 cm³/mol. The molecule has 25 heavy (non-hydrogen) atoms. The van der Waals surface area contributed by atoms with Gasteiger partial charge in [0.1, 0.15) is 5.82 Å². The molecule has 0 fully saturated rings. The molecule has 5 nitrogen and oxygen atoms in total. The molecule has 0 bridgehead atoms. The molecule has 0 radical (unpaired) electrons. The van der Waals surface area contributed by atoms with Gasteiger partial charge < -0.3 is 16.4 Å². The van der Waals surface area contributed by atoms with Crippen LogP contribution in [0, 0.1) is 5.82 Å². The van der Waals surface area contributed by atoms with E-state index >= 15 is 0 Å². The molecule has 0 aromatic heterocycles. The largest absolute Gasteiger partial charge is 0.397 e. The van der Waals surface area contributed by atoms with Crippen molar-refractivity contribution < 1.29 is 14.0 Å². The highest BCUT2D eigenvalue weighted by molar-refractivity contribution is 5.94. The second-order valence-corrected chi connectivity index (χ2v) is 5.36. The van der Waals surface area contributed by atoms with Crippen LogP contribution < -0.4 is 16.4 Å². The van der Waals surface area contributed by atoms with Gasteiger partial charge in [-0.3, -0.25) is 9.59 Å². The maximum absolute atomic E-state index is 12.8. The van der Waals surface area contributed by atoms with E-state index in [-0.39, 0.29) is 24.1 Å². The van der Waals surface area contributed by atoms with Gasteiger partial charge in [0.25, 0.3) is 5.91 Å². The lowest BCUT2D eigenvalue weighted by atomic mass is 10.2. The Hall–Kier alpha value is -3.15. The second-order valence-electron chi connectivity index (χ2n) is 5.36. The first-order valence-electron chi connectivity index (χ1n) is 7.89. The van der Waals surface area contributed by atoms with Crippen LogP contribution in [0.15, 0.2) is 60.7 Å². The zero-order valence-corrected chi connectivity index (χ0v) is 13.7. The fourth-order valence-corrected chi connectivity index (χ4v) is 2.09. The molecule has 0 aliphatic heterocycles. The van der Waals surface area contributed by atoms with Crippen molar-refractivity contribution in [3.05, 3.63) is 72.1 Å². The lowest BCUT2D eigenvalue weighted by Crippen LogP contribution is -2.24. The Labute approximate surface area is 145 Å². The number of hydrogen-bond acceptors (Lipinski definition) is 3. The summed E-state index contributed by atoms with van der Waals surface area (Å²) in [6, 6.07) is 12.4. The highest BCUT2D eigenvalue weighted by atomic mass is 19.1. The summed E-state index contributed by atoms with van der Waals surface area (Å²) >= 11 is 0. The van der Waals surface area contributed by atoms with Gasteiger partial charge >= 0.3 is 0 Å². The van der Waals surface area contributed by atoms with Crippen LogP contribution in [0.2, 0.25) is 0 Å². The summed E-state index contributed by atoms with van der Waals surface area (Å²) in [6.07, 6.45) is 4.37. The van der Waals surface area contributed by atoms with Gasteiger partial charge in [0, 0.05) is 18.5 Å². The Kier molecular flexibility index (Phi) is 6.71. The van der Waals surface area contributed by atoms with E-state index in [9.17, 15) is 14.0 Å². The fourth-order valence-electron chi connectivity index (χ4n) is 2.09. The molecule has 0 spiro atoms. The lowest BCUT2D eigenvalue weighted by Gasteiger charge is -2.06. The van der Waals surface area contributed by atoms with Crippen molar-refractivity contribution in [3.8, 4) is 0 Å². The standard InChI is InChI=1S/C19H20FN3O2/c20-15-11-9-14(10-12-15)19(25)22-13-5-1-2-8-18(24)23-17-7-4-3-6-16(17)21/h1-4,6-7,9-12H,5,8,13,21H2,(H,22,25)(H,23,24). The van der Waals surface area contributed by atoms with Gasteiger partial charge in [-0.2, -0.15) is 0 Å². The van der Waals surface area contributed by atoms with E-state index in [1.165, 1.54) is 24.3 Å². The first kappa shape index (κ1) is 18.2. The van der Waals surface area contributed by atoms with Crippen LogP contribution in [0.4, 0.5) is 15.8 Å². The van der Waals surface area contributed by atoms with Crippen molar-refractivity contribution in [2.45, 2.75) is 12.8 Å². The number of hydrogen-bond donors (Lipinski definition) is 3. The fraction of sp³-hybridized carbons (Fsp3) is 0.158. The smallest absolute Gasteiger partial charge is 0.251 e. The summed E-state index contributed by atoms with van der Waals surface area (Å²) in [5.41, 5.74) is 7.27. The zero-order chi connectivity index (χ0) is 18.1. The molecule has 130 valence electrons. The number of carbonyl (C=O) groups is 2. The minimum Gasteiger partial charge on any atom is -0.397 e. The summed E-state index contributed by atoms with van der Waals surface area (Å²) in [5.74, 6) is -0.801. The third-order valence-corrected chi connectivity index (χ3v) is 3.41. The zero-order valence-electron chi connectivity index (χ0n) is 13.7. The number of carbonyl (C=O) groups excluding carboxylic acids is 2. The third kappa shape index (κ3) is 6.10. The highest BCUT2D eigenvalue weighted by Crippen LogP contribution is 2.16. The molecule has 6 heteroatoms. The molecule has 0 aliphatic rings. The number of rotatable bonds is 7. The molecular weight excluding hydrogens is 321 g/mol. The molecule has 0 unspecified atom stereocenters. The summed E-state index contributed by atoms with van der Waals surface area (Å²) in [4.78, 5) is 23.6. The molecule has 0 heterocycles. The Balaban J connectivity index is 1.66. The van der Waals surface area contributed by atoms with E-state index < -0.39 is 0 Å². The molecule has 0 saturated carbocycles. The number of nitrogens with one attached hydrogen (secondary N) is 2. The van der Waals surface area contributed by atoms with Gasteiger partial charge in [0.2, 0.25) is 5.91 Å². The van der Waals surface area contributed by atoms with Crippen molar-refractivity contribution in [2.75, 3.05) is 17.6 Å². The summed E-state index contributed by atoms with van der Waals surface area (Å²) in [7, 11) is 0. The third-order valence-electron chi connectivity index (χ3n) is 3.41. The number of benzene rings is 2. The Bertz CT molecular complexity index is 758. The number of amides is 2. The number of halogens is 1. The molecular formula is C19H20FN3O2. The summed E-state index contributed by atoms with van der Waals surface area (Å²) in [6.45, 7) is 0.431. The van der Waals surface area contributed by atoms with Crippen LogP contribution in [-0.4, -0.2) is 18.4 Å². The van der Waals surface area contributed by atoms with Crippen LogP contribution >= 0.6 is 0 Å². The van der Waals surface area contributed by atoms with Gasteiger partial charge in [0.05, 0.1) is 11.4 Å². The van der Waals surface area contributed by atoms with Crippen LogP contribution in [0.3, 0.4) is 0 Å². The van der Waals surface area contributed by atoms with Crippen molar-refractivity contribution in [2.24, 2.45) is 0 Å². The van der Waals surface area contributed by atoms with Crippen molar-refractivity contribution in [1.82, 2.24) is 5.32 Å². The second kappa shape index (κ2) is 9.22. The van der Waals surface area contributed by atoms with Gasteiger partial charge in [-0.05, 0) is 42.8 Å². The first-order chi connectivity index (χ1) is 12.1. The SMILES string of the molecule is Nc1ccccc1NC(=O)CC=CCCNC(=O)c1ccc(F)cc1. The molecule has 0 aliphatic carbocycles. The topological polar surface area (TPSA) is 84.2 Å². The quantitative estimate of drug-likeness (QED) is 0.411. The minimum absolute atomic E-state index is 0.163.